The Balaban J connectivity index is 1.22. The van der Waals surface area contributed by atoms with Gasteiger partial charge < -0.3 is 9.71 Å². The molecule has 71 heavy (non-hydrogen) atoms. The van der Waals surface area contributed by atoms with Gasteiger partial charge in [0.25, 0.3) is 0 Å². The summed E-state index contributed by atoms with van der Waals surface area (Å²) < 4.78 is 0. The van der Waals surface area contributed by atoms with Crippen LogP contribution in [0.25, 0.3) is 55.6 Å². The van der Waals surface area contributed by atoms with Crippen LogP contribution in [0, 0.1) is 0 Å². The van der Waals surface area contributed by atoms with Crippen LogP contribution in [0.5, 0.6) is 0 Å². The van der Waals surface area contributed by atoms with Gasteiger partial charge in [-0.1, -0.05) is 209 Å². The van der Waals surface area contributed by atoms with Gasteiger partial charge in [0.2, 0.25) is 0 Å². The Morgan fingerprint density at radius 1 is 0.380 bits per heavy atom. The lowest BCUT2D eigenvalue weighted by atomic mass is 9.42. The second-order valence-corrected chi connectivity index (χ2v) is 23.8. The molecule has 0 saturated heterocycles. The molecular weight excluding hydrogens is 856 g/mol. The fraction of sp³-hybridized carbons (Fsp3) is 0.206. The highest BCUT2D eigenvalue weighted by Gasteiger charge is 2.51. The van der Waals surface area contributed by atoms with Gasteiger partial charge in [0.15, 0.2) is 0 Å². The first kappa shape index (κ1) is 43.6. The van der Waals surface area contributed by atoms with E-state index < -0.39 is 0 Å². The zero-order valence-corrected chi connectivity index (χ0v) is 42.9. The Hall–Kier alpha value is -7.36. The van der Waals surface area contributed by atoms with E-state index in [-0.39, 0.29) is 28.5 Å². The summed E-state index contributed by atoms with van der Waals surface area (Å²) in [6.45, 7) is 23.6. The van der Waals surface area contributed by atoms with E-state index in [1.807, 2.05) is 0 Å². The molecule has 346 valence electrons. The number of rotatable bonds is 4. The van der Waals surface area contributed by atoms with Crippen LogP contribution in [-0.2, 0) is 21.7 Å². The number of benzene rings is 9. The van der Waals surface area contributed by atoms with Gasteiger partial charge in [0.1, 0.15) is 0 Å². The normalized spacial score (nSPS) is 15.3. The average molecular weight is 917 g/mol. The zero-order valence-electron chi connectivity index (χ0n) is 42.9. The van der Waals surface area contributed by atoms with Gasteiger partial charge in [0, 0.05) is 44.7 Å². The van der Waals surface area contributed by atoms with Crippen molar-refractivity contribution in [2.45, 2.75) is 90.9 Å². The van der Waals surface area contributed by atoms with Crippen LogP contribution in [0.15, 0.2) is 188 Å². The molecule has 0 aromatic heterocycles. The Morgan fingerprint density at radius 3 is 1.61 bits per heavy atom. The molecule has 9 aromatic carbocycles. The first-order chi connectivity index (χ1) is 34.0. The van der Waals surface area contributed by atoms with E-state index in [9.17, 15) is 0 Å². The van der Waals surface area contributed by atoms with E-state index in [1.54, 1.807) is 0 Å². The van der Waals surface area contributed by atoms with Gasteiger partial charge in [-0.3, -0.25) is 0 Å². The highest BCUT2D eigenvalue weighted by atomic mass is 15.2. The van der Waals surface area contributed by atoms with Gasteiger partial charge >= 0.3 is 6.85 Å². The third-order valence-electron chi connectivity index (χ3n) is 16.7. The molecule has 0 radical (unpaired) electrons. The molecule has 9 aromatic rings. The molecule has 0 atom stereocenters. The average Bonchev–Trinajstić information content (AvgIpc) is 3.74. The van der Waals surface area contributed by atoms with Crippen LogP contribution in [0.4, 0.5) is 28.4 Å². The van der Waals surface area contributed by atoms with Crippen LogP contribution < -0.4 is 20.6 Å². The van der Waals surface area contributed by atoms with Crippen molar-refractivity contribution in [1.29, 1.82) is 0 Å². The topological polar surface area (TPSA) is 6.48 Å². The van der Waals surface area contributed by atoms with Crippen LogP contribution in [0.3, 0.4) is 0 Å². The van der Waals surface area contributed by atoms with Crippen molar-refractivity contribution in [3.8, 4) is 55.6 Å². The van der Waals surface area contributed by atoms with E-state index >= 15 is 0 Å². The third-order valence-corrected chi connectivity index (χ3v) is 16.7. The molecule has 0 bridgehead atoms. The van der Waals surface area contributed by atoms with Gasteiger partial charge in [-0.25, -0.2) is 0 Å². The number of anilines is 5. The van der Waals surface area contributed by atoms with E-state index in [2.05, 4.69) is 267 Å². The summed E-state index contributed by atoms with van der Waals surface area (Å²) in [4.78, 5) is 5.40. The first-order valence-electron chi connectivity index (χ1n) is 25.7. The maximum Gasteiger partial charge on any atom is 0.333 e. The third kappa shape index (κ3) is 6.34. The summed E-state index contributed by atoms with van der Waals surface area (Å²) in [5.41, 5.74) is 29.3. The standard InChI is InChI=1S/C68H61BN2/c1-65(2,3)45-30-33-47(34-31-45)71-59-35-29-44(42-21-13-11-14-22-42)37-53(59)62-63-52(49-26-18-20-28-55(49)68(63,9)10)40-61-64(62)69(71)57-41-56-51(48-25-17-19-27-54(48)67(56,7)8)39-60(57)70(61)58-36-32-46(66(4,5)6)38-50(58)43-23-15-12-16-24-43/h11-41H,1-10H3. The molecule has 4 aliphatic rings. The molecular formula is C68H61BN2. The van der Waals surface area contributed by atoms with Crippen LogP contribution in [0.2, 0.25) is 0 Å². The molecule has 0 saturated carbocycles. The predicted molar refractivity (Wildman–Crippen MR) is 304 cm³/mol. The highest BCUT2D eigenvalue weighted by molar-refractivity contribution is 6.93. The number of fused-ring (bicyclic) bond motifs is 11. The van der Waals surface area contributed by atoms with Crippen molar-refractivity contribution in [2.24, 2.45) is 0 Å². The molecule has 2 aliphatic heterocycles. The molecule has 0 N–H and O–H groups in total. The van der Waals surface area contributed by atoms with E-state index in [1.165, 1.54) is 128 Å². The summed E-state index contributed by atoms with van der Waals surface area (Å²) in [5.74, 6) is 0. The Kier molecular flexibility index (Phi) is 9.27. The number of hydrogen-bond donors (Lipinski definition) is 0. The Labute approximate surface area is 421 Å². The summed E-state index contributed by atoms with van der Waals surface area (Å²) >= 11 is 0. The van der Waals surface area contributed by atoms with Crippen molar-refractivity contribution in [3.63, 3.8) is 0 Å². The summed E-state index contributed by atoms with van der Waals surface area (Å²) in [6.07, 6.45) is 0. The van der Waals surface area contributed by atoms with Gasteiger partial charge in [-0.05, 0) is 148 Å². The first-order valence-corrected chi connectivity index (χ1v) is 25.7. The van der Waals surface area contributed by atoms with Gasteiger partial charge in [0.05, 0.1) is 5.69 Å². The molecule has 0 fully saturated rings. The van der Waals surface area contributed by atoms with Crippen molar-refractivity contribution < 1.29 is 0 Å². The van der Waals surface area contributed by atoms with Crippen LogP contribution in [-0.4, -0.2) is 6.85 Å². The van der Waals surface area contributed by atoms with Crippen molar-refractivity contribution in [3.05, 3.63) is 221 Å². The van der Waals surface area contributed by atoms with Gasteiger partial charge in [-0.2, -0.15) is 0 Å². The lowest BCUT2D eigenvalue weighted by Crippen LogP contribution is -2.62. The molecule has 3 heteroatoms. The molecule has 0 spiro atoms. The van der Waals surface area contributed by atoms with Crippen molar-refractivity contribution in [1.82, 2.24) is 0 Å². The van der Waals surface area contributed by atoms with Crippen molar-refractivity contribution >= 4 is 46.2 Å². The smallest absolute Gasteiger partial charge is 0.333 e. The minimum atomic E-state index is -0.270. The second-order valence-electron chi connectivity index (χ2n) is 23.8. The quantitative estimate of drug-likeness (QED) is 0.162. The fourth-order valence-corrected chi connectivity index (χ4v) is 13.0. The van der Waals surface area contributed by atoms with E-state index in [4.69, 9.17) is 0 Å². The summed E-state index contributed by atoms with van der Waals surface area (Å²) in [5, 5.41) is 0. The number of nitrogens with zero attached hydrogens (tertiary/aromatic N) is 2. The molecule has 2 heterocycles. The monoisotopic (exact) mass is 916 g/mol. The lowest BCUT2D eigenvalue weighted by molar-refractivity contribution is 0.590. The van der Waals surface area contributed by atoms with Crippen molar-refractivity contribution in [2.75, 3.05) is 9.71 Å². The maximum atomic E-state index is 2.71. The van der Waals surface area contributed by atoms with Crippen LogP contribution >= 0.6 is 0 Å². The molecule has 2 nitrogen and oxygen atoms in total. The molecule has 0 amide bonds. The minimum Gasteiger partial charge on any atom is -0.376 e. The van der Waals surface area contributed by atoms with E-state index in [0.29, 0.717) is 0 Å². The summed E-state index contributed by atoms with van der Waals surface area (Å²) in [6, 6.07) is 72.4. The second kappa shape index (κ2) is 15.1. The minimum absolute atomic E-state index is 0.0158. The Morgan fingerprint density at radius 2 is 0.944 bits per heavy atom. The fourth-order valence-electron chi connectivity index (χ4n) is 13.0. The number of hydrogen-bond acceptors (Lipinski definition) is 2. The lowest BCUT2D eigenvalue weighted by Gasteiger charge is -2.48. The zero-order chi connectivity index (χ0) is 48.9. The Bertz CT molecular complexity index is 3660. The molecule has 13 rings (SSSR count). The SMILES string of the molecule is CC(C)(C)c1ccc(N2B3c4cc5c(cc4N(c4ccc(C(C)(C)C)cc4-c4ccccc4)c4cc6c(c(c43)-c3cc(-c4ccccc4)ccc32)C(C)(C)c2ccccc2-6)-c2ccccc2C5(C)C)cc1. The molecule has 2 aliphatic carbocycles. The highest BCUT2D eigenvalue weighted by Crippen LogP contribution is 2.59. The van der Waals surface area contributed by atoms with Crippen LogP contribution in [0.1, 0.15) is 103 Å². The van der Waals surface area contributed by atoms with E-state index in [0.717, 1.165) is 0 Å². The summed E-state index contributed by atoms with van der Waals surface area (Å²) in [7, 11) is 0. The largest absolute Gasteiger partial charge is 0.376 e. The maximum absolute atomic E-state index is 2.71. The predicted octanol–water partition coefficient (Wildman–Crippen LogP) is 16.9. The van der Waals surface area contributed by atoms with Gasteiger partial charge in [-0.15, -0.1) is 0 Å². The molecule has 0 unspecified atom stereocenters.